The van der Waals surface area contributed by atoms with Gasteiger partial charge in [-0.2, -0.15) is 0 Å². The van der Waals surface area contributed by atoms with Gasteiger partial charge in [0.1, 0.15) is 0 Å². The molecule has 3 nitrogen and oxygen atoms in total. The van der Waals surface area contributed by atoms with Crippen molar-refractivity contribution in [2.45, 2.75) is 39.3 Å². The molecule has 2 rings (SSSR count). The lowest BCUT2D eigenvalue weighted by atomic mass is 9.95. The molecule has 0 saturated heterocycles. The second-order valence-electron chi connectivity index (χ2n) is 6.32. The number of nitrogens with one attached hydrogen (secondary N) is 2. The van der Waals surface area contributed by atoms with Crippen LogP contribution in [0.5, 0.6) is 0 Å². The third kappa shape index (κ3) is 5.53. The molecular formula is C20H26N2O. The zero-order valence-electron chi connectivity index (χ0n) is 14.1. The van der Waals surface area contributed by atoms with E-state index >= 15 is 0 Å². The van der Waals surface area contributed by atoms with E-state index in [-0.39, 0.29) is 18.0 Å². The highest BCUT2D eigenvalue weighted by atomic mass is 16.1. The summed E-state index contributed by atoms with van der Waals surface area (Å²) >= 11 is 0. The molecule has 3 heteroatoms. The van der Waals surface area contributed by atoms with Gasteiger partial charge in [-0.3, -0.25) is 4.79 Å². The zero-order valence-corrected chi connectivity index (χ0v) is 14.1. The normalized spacial score (nSPS) is 13.6. The zero-order chi connectivity index (χ0) is 16.7. The Morgan fingerprint density at radius 1 is 0.913 bits per heavy atom. The highest BCUT2D eigenvalue weighted by molar-refractivity contribution is 5.91. The van der Waals surface area contributed by atoms with Gasteiger partial charge in [0, 0.05) is 24.2 Å². The highest BCUT2D eigenvalue weighted by Gasteiger charge is 2.19. The van der Waals surface area contributed by atoms with E-state index in [0.717, 1.165) is 5.69 Å². The van der Waals surface area contributed by atoms with Gasteiger partial charge in [0.15, 0.2) is 0 Å². The van der Waals surface area contributed by atoms with Gasteiger partial charge in [0.2, 0.25) is 5.91 Å². The lowest BCUT2D eigenvalue weighted by Gasteiger charge is -2.27. The van der Waals surface area contributed by atoms with E-state index in [1.807, 2.05) is 36.4 Å². The van der Waals surface area contributed by atoms with Gasteiger partial charge < -0.3 is 10.6 Å². The number of carbonyl (C=O) groups is 1. The van der Waals surface area contributed by atoms with Crippen molar-refractivity contribution in [3.63, 3.8) is 0 Å². The summed E-state index contributed by atoms with van der Waals surface area (Å²) < 4.78 is 0. The average molecular weight is 310 g/mol. The number of carbonyl (C=O) groups excluding carboxylic acids is 1. The number of para-hydroxylation sites is 1. The Morgan fingerprint density at radius 2 is 1.48 bits per heavy atom. The van der Waals surface area contributed by atoms with Crippen LogP contribution in [0.2, 0.25) is 0 Å². The third-order valence-electron chi connectivity index (χ3n) is 3.84. The molecule has 122 valence electrons. The molecule has 2 aromatic rings. The first-order valence-electron chi connectivity index (χ1n) is 8.22. The van der Waals surface area contributed by atoms with Gasteiger partial charge in [0.05, 0.1) is 0 Å². The van der Waals surface area contributed by atoms with Crippen molar-refractivity contribution in [1.29, 1.82) is 0 Å². The van der Waals surface area contributed by atoms with E-state index in [4.69, 9.17) is 0 Å². The predicted octanol–water partition coefficient (Wildman–Crippen LogP) is 4.39. The van der Waals surface area contributed by atoms with E-state index in [0.29, 0.717) is 12.3 Å². The van der Waals surface area contributed by atoms with Crippen LogP contribution in [0.3, 0.4) is 0 Å². The molecule has 0 aliphatic heterocycles. The predicted molar refractivity (Wildman–Crippen MR) is 96.3 cm³/mol. The van der Waals surface area contributed by atoms with Crippen molar-refractivity contribution in [3.8, 4) is 0 Å². The molecule has 0 saturated carbocycles. The van der Waals surface area contributed by atoms with Gasteiger partial charge in [-0.1, -0.05) is 62.4 Å². The Hall–Kier alpha value is -2.13. The summed E-state index contributed by atoms with van der Waals surface area (Å²) in [5, 5.41) is 6.52. The molecule has 2 atom stereocenters. The number of hydrogen-bond acceptors (Lipinski definition) is 2. The highest BCUT2D eigenvalue weighted by Crippen LogP contribution is 2.22. The summed E-state index contributed by atoms with van der Waals surface area (Å²) in [5.41, 5.74) is 2.10. The van der Waals surface area contributed by atoms with Crippen molar-refractivity contribution >= 4 is 11.6 Å². The molecule has 0 unspecified atom stereocenters. The molecule has 2 N–H and O–H groups in total. The fourth-order valence-electron chi connectivity index (χ4n) is 2.71. The number of benzene rings is 2. The number of anilines is 1. The van der Waals surface area contributed by atoms with Crippen molar-refractivity contribution in [2.75, 3.05) is 5.32 Å². The smallest absolute Gasteiger partial charge is 0.225 e. The Balaban J connectivity index is 1.91. The van der Waals surface area contributed by atoms with Gasteiger partial charge in [-0.25, -0.2) is 0 Å². The molecule has 0 aliphatic rings. The van der Waals surface area contributed by atoms with Gasteiger partial charge in [0.25, 0.3) is 0 Å². The molecule has 1 amide bonds. The fourth-order valence-corrected chi connectivity index (χ4v) is 2.71. The molecule has 0 aromatic heterocycles. The molecule has 0 heterocycles. The van der Waals surface area contributed by atoms with Crippen molar-refractivity contribution in [3.05, 3.63) is 66.2 Å². The van der Waals surface area contributed by atoms with Gasteiger partial charge in [-0.05, 0) is 30.5 Å². The first kappa shape index (κ1) is 17.2. The van der Waals surface area contributed by atoms with Crippen LogP contribution in [0.15, 0.2) is 60.7 Å². The molecule has 0 radical (unpaired) electrons. The molecule has 0 bridgehead atoms. The van der Waals surface area contributed by atoms with Crippen LogP contribution >= 0.6 is 0 Å². The first-order chi connectivity index (χ1) is 11.1. The molecule has 2 aromatic carbocycles. The Morgan fingerprint density at radius 3 is 2.04 bits per heavy atom. The fraction of sp³-hybridized carbons (Fsp3) is 0.350. The van der Waals surface area contributed by atoms with Crippen LogP contribution in [0.1, 0.15) is 38.8 Å². The quantitative estimate of drug-likeness (QED) is 0.796. The van der Waals surface area contributed by atoms with Gasteiger partial charge in [-0.15, -0.1) is 0 Å². The van der Waals surface area contributed by atoms with Crippen LogP contribution in [-0.2, 0) is 4.79 Å². The summed E-state index contributed by atoms with van der Waals surface area (Å²) in [5.74, 6) is 0.490. The van der Waals surface area contributed by atoms with Crippen molar-refractivity contribution in [1.82, 2.24) is 5.32 Å². The maximum Gasteiger partial charge on any atom is 0.225 e. The van der Waals surface area contributed by atoms with E-state index in [1.54, 1.807) is 0 Å². The summed E-state index contributed by atoms with van der Waals surface area (Å²) in [6.45, 7) is 6.45. The van der Waals surface area contributed by atoms with Crippen LogP contribution in [0.25, 0.3) is 0 Å². The number of rotatable bonds is 7. The lowest BCUT2D eigenvalue weighted by molar-refractivity contribution is -0.116. The minimum Gasteiger partial charge on any atom is -0.326 e. The summed E-state index contributed by atoms with van der Waals surface area (Å²) in [6, 6.07) is 20.3. The minimum absolute atomic E-state index is 0.0340. The summed E-state index contributed by atoms with van der Waals surface area (Å²) in [4.78, 5) is 12.2. The molecular weight excluding hydrogens is 284 g/mol. The van der Waals surface area contributed by atoms with Gasteiger partial charge >= 0.3 is 0 Å². The molecule has 23 heavy (non-hydrogen) atoms. The van der Waals surface area contributed by atoms with E-state index in [1.165, 1.54) is 5.56 Å². The van der Waals surface area contributed by atoms with Crippen LogP contribution in [0.4, 0.5) is 5.69 Å². The second kappa shape index (κ2) is 8.49. The monoisotopic (exact) mass is 310 g/mol. The molecule has 0 aliphatic carbocycles. The lowest BCUT2D eigenvalue weighted by Crippen LogP contribution is -2.36. The maximum atomic E-state index is 12.2. The minimum atomic E-state index is 0.0340. The SMILES string of the molecule is CC(C)[C@H](N[C@@H](C)CC(=O)Nc1ccccc1)c1ccccc1. The molecule has 0 fully saturated rings. The van der Waals surface area contributed by atoms with E-state index in [2.05, 4.69) is 55.7 Å². The Labute approximate surface area is 139 Å². The largest absolute Gasteiger partial charge is 0.326 e. The van der Waals surface area contributed by atoms with Crippen LogP contribution in [0, 0.1) is 5.92 Å². The van der Waals surface area contributed by atoms with Crippen LogP contribution in [-0.4, -0.2) is 11.9 Å². The topological polar surface area (TPSA) is 41.1 Å². The number of hydrogen-bond donors (Lipinski definition) is 2. The standard InChI is InChI=1S/C20H26N2O/c1-15(2)20(17-10-6-4-7-11-17)21-16(3)14-19(23)22-18-12-8-5-9-13-18/h4-13,15-16,20-21H,14H2,1-3H3,(H,22,23)/t16-,20-/m0/s1. The average Bonchev–Trinajstić information content (AvgIpc) is 2.54. The molecule has 0 spiro atoms. The van der Waals surface area contributed by atoms with Crippen molar-refractivity contribution < 1.29 is 4.79 Å². The van der Waals surface area contributed by atoms with Crippen LogP contribution < -0.4 is 10.6 Å². The number of amides is 1. The van der Waals surface area contributed by atoms with Crippen molar-refractivity contribution in [2.24, 2.45) is 5.92 Å². The summed E-state index contributed by atoms with van der Waals surface area (Å²) in [7, 11) is 0. The maximum absolute atomic E-state index is 12.2. The third-order valence-corrected chi connectivity index (χ3v) is 3.84. The van der Waals surface area contributed by atoms with E-state index < -0.39 is 0 Å². The van der Waals surface area contributed by atoms with E-state index in [9.17, 15) is 4.79 Å². The Bertz CT molecular complexity index is 596. The Kier molecular flexibility index (Phi) is 6.36. The second-order valence-corrected chi connectivity index (χ2v) is 6.32. The summed E-state index contributed by atoms with van der Waals surface area (Å²) in [6.07, 6.45) is 0.449. The first-order valence-corrected chi connectivity index (χ1v) is 8.22.